The Kier molecular flexibility index (Phi) is 6.13. The molecule has 0 bridgehead atoms. The van der Waals surface area contributed by atoms with Crippen LogP contribution in [-0.2, 0) is 16.6 Å². The van der Waals surface area contributed by atoms with E-state index in [1.165, 1.54) is 39.9 Å². The molecular formula is C23H21N3O3S2. The molecular weight excluding hydrogens is 430 g/mol. The largest absolute Gasteiger partial charge is 0.322 e. The van der Waals surface area contributed by atoms with Crippen molar-refractivity contribution in [3.05, 3.63) is 89.4 Å². The standard InChI is InChI=1S/C23H21N3O3S2/c1-2-26(15-17-6-4-3-5-7-17)31(28,29)20-11-8-18(9-12-20)23(27)25-19-10-13-22-21(14-19)24-16-30-22/h3-14,16H,2,15H2,1H3,(H,25,27). The highest BCUT2D eigenvalue weighted by molar-refractivity contribution is 7.89. The highest BCUT2D eigenvalue weighted by atomic mass is 32.2. The maximum Gasteiger partial charge on any atom is 0.255 e. The van der Waals surface area contributed by atoms with Gasteiger partial charge in [-0.1, -0.05) is 37.3 Å². The smallest absolute Gasteiger partial charge is 0.255 e. The fraction of sp³-hybridized carbons (Fsp3) is 0.130. The van der Waals surface area contributed by atoms with E-state index in [4.69, 9.17) is 0 Å². The molecule has 158 valence electrons. The molecule has 0 radical (unpaired) electrons. The molecule has 1 N–H and O–H groups in total. The zero-order valence-electron chi connectivity index (χ0n) is 16.9. The van der Waals surface area contributed by atoms with E-state index >= 15 is 0 Å². The van der Waals surface area contributed by atoms with E-state index < -0.39 is 10.0 Å². The van der Waals surface area contributed by atoms with Gasteiger partial charge in [0.1, 0.15) is 0 Å². The van der Waals surface area contributed by atoms with Gasteiger partial charge < -0.3 is 5.32 Å². The van der Waals surface area contributed by atoms with Crippen molar-refractivity contribution < 1.29 is 13.2 Å². The van der Waals surface area contributed by atoms with Crippen LogP contribution in [-0.4, -0.2) is 30.2 Å². The summed E-state index contributed by atoms with van der Waals surface area (Å²) in [6, 6.07) is 21.0. The van der Waals surface area contributed by atoms with Crippen LogP contribution in [0.25, 0.3) is 10.2 Å². The van der Waals surface area contributed by atoms with Gasteiger partial charge in [0.2, 0.25) is 10.0 Å². The molecule has 31 heavy (non-hydrogen) atoms. The molecule has 0 aliphatic heterocycles. The van der Waals surface area contributed by atoms with Gasteiger partial charge >= 0.3 is 0 Å². The van der Waals surface area contributed by atoms with E-state index in [9.17, 15) is 13.2 Å². The molecule has 8 heteroatoms. The number of hydrogen-bond donors (Lipinski definition) is 1. The van der Waals surface area contributed by atoms with Crippen LogP contribution in [0.3, 0.4) is 0 Å². The summed E-state index contributed by atoms with van der Waals surface area (Å²) in [5, 5.41) is 2.83. The molecule has 0 saturated carbocycles. The summed E-state index contributed by atoms with van der Waals surface area (Å²) in [7, 11) is -3.67. The van der Waals surface area contributed by atoms with Crippen LogP contribution in [0.4, 0.5) is 5.69 Å². The van der Waals surface area contributed by atoms with E-state index in [1.54, 1.807) is 5.51 Å². The first kappa shape index (κ1) is 21.2. The van der Waals surface area contributed by atoms with Gasteiger partial charge in [-0.15, -0.1) is 11.3 Å². The number of amides is 1. The average molecular weight is 452 g/mol. The third-order valence-electron chi connectivity index (χ3n) is 4.90. The van der Waals surface area contributed by atoms with Crippen LogP contribution in [0, 0.1) is 0 Å². The Labute approximate surface area is 185 Å². The topological polar surface area (TPSA) is 79.4 Å². The minimum absolute atomic E-state index is 0.158. The second kappa shape index (κ2) is 8.97. The minimum Gasteiger partial charge on any atom is -0.322 e. The van der Waals surface area contributed by atoms with Crippen molar-refractivity contribution in [2.24, 2.45) is 0 Å². The van der Waals surface area contributed by atoms with Crippen LogP contribution >= 0.6 is 11.3 Å². The lowest BCUT2D eigenvalue weighted by molar-refractivity contribution is 0.102. The quantitative estimate of drug-likeness (QED) is 0.439. The van der Waals surface area contributed by atoms with Crippen molar-refractivity contribution >= 4 is 43.2 Å². The van der Waals surface area contributed by atoms with Crippen LogP contribution in [0.5, 0.6) is 0 Å². The molecule has 3 aromatic carbocycles. The fourth-order valence-corrected chi connectivity index (χ4v) is 5.32. The maximum absolute atomic E-state index is 13.1. The number of anilines is 1. The molecule has 0 atom stereocenters. The zero-order valence-corrected chi connectivity index (χ0v) is 18.5. The number of fused-ring (bicyclic) bond motifs is 1. The Hall–Kier alpha value is -3.07. The van der Waals surface area contributed by atoms with Crippen LogP contribution in [0.1, 0.15) is 22.8 Å². The van der Waals surface area contributed by atoms with E-state index in [0.29, 0.717) is 24.3 Å². The van der Waals surface area contributed by atoms with Crippen LogP contribution < -0.4 is 5.32 Å². The lowest BCUT2D eigenvalue weighted by Gasteiger charge is -2.20. The molecule has 0 saturated heterocycles. The normalized spacial score (nSPS) is 11.7. The molecule has 0 aliphatic carbocycles. The average Bonchev–Trinajstić information content (AvgIpc) is 3.26. The lowest BCUT2D eigenvalue weighted by atomic mass is 10.2. The number of nitrogens with zero attached hydrogens (tertiary/aromatic N) is 2. The Morgan fingerprint density at radius 3 is 2.48 bits per heavy atom. The first-order chi connectivity index (χ1) is 15.0. The van der Waals surface area contributed by atoms with Gasteiger partial charge in [-0.05, 0) is 48.0 Å². The summed E-state index contributed by atoms with van der Waals surface area (Å²) in [6.07, 6.45) is 0. The number of benzene rings is 3. The molecule has 0 fully saturated rings. The van der Waals surface area contributed by atoms with Crippen LogP contribution in [0.2, 0.25) is 0 Å². The predicted octanol–water partition coefficient (Wildman–Crippen LogP) is 4.76. The molecule has 4 aromatic rings. The van der Waals surface area contributed by atoms with Gasteiger partial charge in [-0.2, -0.15) is 4.31 Å². The van der Waals surface area contributed by atoms with Crippen LogP contribution in [0.15, 0.2) is 83.2 Å². The predicted molar refractivity (Wildman–Crippen MR) is 124 cm³/mol. The second-order valence-electron chi connectivity index (χ2n) is 6.93. The molecule has 1 amide bonds. The highest BCUT2D eigenvalue weighted by Gasteiger charge is 2.23. The van der Waals surface area contributed by atoms with Crippen molar-refractivity contribution in [2.75, 3.05) is 11.9 Å². The van der Waals surface area contributed by atoms with Gasteiger partial charge in [-0.3, -0.25) is 4.79 Å². The van der Waals surface area contributed by atoms with E-state index in [2.05, 4.69) is 10.3 Å². The second-order valence-corrected chi connectivity index (χ2v) is 9.75. The Bertz CT molecular complexity index is 1300. The van der Waals surface area contributed by atoms with Crippen molar-refractivity contribution in [1.29, 1.82) is 0 Å². The summed E-state index contributed by atoms with van der Waals surface area (Å²) in [6.45, 7) is 2.45. The van der Waals surface area contributed by atoms with Crippen molar-refractivity contribution in [1.82, 2.24) is 9.29 Å². The third kappa shape index (κ3) is 4.66. The third-order valence-corrected chi connectivity index (χ3v) is 7.64. The van der Waals surface area contributed by atoms with Gasteiger partial charge in [0.05, 0.1) is 20.6 Å². The van der Waals surface area contributed by atoms with Crippen molar-refractivity contribution in [3.63, 3.8) is 0 Å². The summed E-state index contributed by atoms with van der Waals surface area (Å²) >= 11 is 1.53. The number of carbonyl (C=O) groups is 1. The number of carbonyl (C=O) groups excluding carboxylic acids is 1. The molecule has 4 rings (SSSR count). The monoisotopic (exact) mass is 451 g/mol. The molecule has 1 aromatic heterocycles. The van der Waals surface area contributed by atoms with E-state index in [1.807, 2.05) is 55.5 Å². The Balaban J connectivity index is 1.49. The molecule has 0 spiro atoms. The number of rotatable bonds is 7. The van der Waals surface area contributed by atoms with Gasteiger partial charge in [0.25, 0.3) is 5.91 Å². The number of nitrogens with one attached hydrogen (secondary N) is 1. The summed E-state index contributed by atoms with van der Waals surface area (Å²) < 4.78 is 28.6. The highest BCUT2D eigenvalue weighted by Crippen LogP contribution is 2.23. The summed E-state index contributed by atoms with van der Waals surface area (Å²) in [5.74, 6) is -0.310. The van der Waals surface area contributed by atoms with Crippen molar-refractivity contribution in [3.8, 4) is 0 Å². The number of hydrogen-bond acceptors (Lipinski definition) is 5. The molecule has 0 aliphatic rings. The number of sulfonamides is 1. The zero-order chi connectivity index (χ0) is 21.8. The Morgan fingerprint density at radius 1 is 1.03 bits per heavy atom. The van der Waals surface area contributed by atoms with E-state index in [-0.39, 0.29) is 10.8 Å². The Morgan fingerprint density at radius 2 is 1.77 bits per heavy atom. The number of aromatic nitrogens is 1. The molecule has 0 unspecified atom stereocenters. The summed E-state index contributed by atoms with van der Waals surface area (Å²) in [5.41, 5.74) is 4.51. The number of thiazole rings is 1. The fourth-order valence-electron chi connectivity index (χ4n) is 3.22. The van der Waals surface area contributed by atoms with Gasteiger partial charge in [0, 0.05) is 24.3 Å². The SMILES string of the molecule is CCN(Cc1ccccc1)S(=O)(=O)c1ccc(C(=O)Nc2ccc3scnc3c2)cc1. The van der Waals surface area contributed by atoms with Gasteiger partial charge in [0.15, 0.2) is 0 Å². The molecule has 1 heterocycles. The van der Waals surface area contributed by atoms with Gasteiger partial charge in [-0.25, -0.2) is 13.4 Å². The van der Waals surface area contributed by atoms with E-state index in [0.717, 1.165) is 15.8 Å². The maximum atomic E-state index is 13.1. The first-order valence-electron chi connectivity index (χ1n) is 9.76. The first-order valence-corrected chi connectivity index (χ1v) is 12.1. The minimum atomic E-state index is -3.67. The summed E-state index contributed by atoms with van der Waals surface area (Å²) in [4.78, 5) is 17.0. The molecule has 6 nitrogen and oxygen atoms in total. The lowest BCUT2D eigenvalue weighted by Crippen LogP contribution is -2.30. The van der Waals surface area contributed by atoms with Crippen molar-refractivity contribution in [2.45, 2.75) is 18.4 Å².